The molecule has 7 nitrogen and oxygen atoms in total. The van der Waals surface area contributed by atoms with Gasteiger partial charge in [0.1, 0.15) is 5.82 Å². The topological polar surface area (TPSA) is 104 Å². The molecule has 0 aromatic heterocycles. The van der Waals surface area contributed by atoms with Gasteiger partial charge in [0.15, 0.2) is 0 Å². The summed E-state index contributed by atoms with van der Waals surface area (Å²) in [6.45, 7) is 1.83. The molecule has 0 spiro atoms. The summed E-state index contributed by atoms with van der Waals surface area (Å²) in [5.41, 5.74) is 1.69. The minimum Gasteiger partial charge on any atom is -0.346 e. The number of carbonyl (C=O) groups excluding carboxylic acids is 2. The molecule has 4 rings (SSSR count). The maximum atomic E-state index is 13.8. The van der Waals surface area contributed by atoms with Crippen LogP contribution in [0.1, 0.15) is 41.7 Å². The molecule has 1 saturated carbocycles. The van der Waals surface area contributed by atoms with Gasteiger partial charge in [0.25, 0.3) is 15.9 Å². The zero-order chi connectivity index (χ0) is 24.3. The first kappa shape index (κ1) is 23.4. The Labute approximate surface area is 197 Å². The van der Waals surface area contributed by atoms with Crippen LogP contribution in [0.4, 0.5) is 15.8 Å². The molecule has 34 heavy (non-hydrogen) atoms. The van der Waals surface area contributed by atoms with E-state index in [1.807, 2.05) is 19.1 Å². The van der Waals surface area contributed by atoms with Crippen LogP contribution in [0.2, 0.25) is 0 Å². The van der Waals surface area contributed by atoms with Gasteiger partial charge in [-0.2, -0.15) is 0 Å². The molecule has 0 bridgehead atoms. The minimum absolute atomic E-state index is 0.0312. The molecule has 1 fully saturated rings. The standard InChI is InChI=1S/C25H24FN3O4S/c1-16(17-8-12-20(13-9-17)28-25(31)18-6-7-18)27-24(30)19-10-14-21(15-11-19)34(32,33)29-23-5-3-2-4-22(23)26/h2-5,8-16,18,29H,6-7H2,1H3,(H,27,30)(H,28,31). The summed E-state index contributed by atoms with van der Waals surface area (Å²) < 4.78 is 41.0. The summed E-state index contributed by atoms with van der Waals surface area (Å²) in [7, 11) is -4.01. The number of amides is 2. The van der Waals surface area contributed by atoms with Crippen LogP contribution in [-0.4, -0.2) is 20.2 Å². The van der Waals surface area contributed by atoms with Crippen molar-refractivity contribution in [3.05, 3.63) is 89.7 Å². The van der Waals surface area contributed by atoms with Gasteiger partial charge in [-0.1, -0.05) is 24.3 Å². The molecule has 3 aromatic rings. The summed E-state index contributed by atoms with van der Waals surface area (Å²) >= 11 is 0. The Kier molecular flexibility index (Phi) is 6.65. The van der Waals surface area contributed by atoms with Crippen LogP contribution in [0.15, 0.2) is 77.7 Å². The van der Waals surface area contributed by atoms with Crippen molar-refractivity contribution < 1.29 is 22.4 Å². The number of sulfonamides is 1. The normalized spacial score (nSPS) is 14.2. The summed E-state index contributed by atoms with van der Waals surface area (Å²) in [5, 5.41) is 5.74. The van der Waals surface area contributed by atoms with Crippen LogP contribution in [0.25, 0.3) is 0 Å². The number of hydrogen-bond acceptors (Lipinski definition) is 4. The summed E-state index contributed by atoms with van der Waals surface area (Å²) in [6.07, 6.45) is 1.87. The first-order valence-corrected chi connectivity index (χ1v) is 12.3. The molecule has 0 saturated heterocycles. The van der Waals surface area contributed by atoms with Crippen molar-refractivity contribution in [2.45, 2.75) is 30.7 Å². The van der Waals surface area contributed by atoms with Gasteiger partial charge in [-0.25, -0.2) is 12.8 Å². The van der Waals surface area contributed by atoms with E-state index in [0.717, 1.165) is 24.5 Å². The van der Waals surface area contributed by atoms with E-state index in [1.54, 1.807) is 12.1 Å². The van der Waals surface area contributed by atoms with Gasteiger partial charge in [-0.15, -0.1) is 0 Å². The Morgan fingerprint density at radius 3 is 2.21 bits per heavy atom. The van der Waals surface area contributed by atoms with Crippen LogP contribution in [0.3, 0.4) is 0 Å². The van der Waals surface area contributed by atoms with Crippen LogP contribution in [0, 0.1) is 11.7 Å². The zero-order valence-corrected chi connectivity index (χ0v) is 19.2. The van der Waals surface area contributed by atoms with Crippen molar-refractivity contribution in [1.82, 2.24) is 5.32 Å². The van der Waals surface area contributed by atoms with Gasteiger partial charge in [-0.3, -0.25) is 14.3 Å². The lowest BCUT2D eigenvalue weighted by Gasteiger charge is -2.15. The van der Waals surface area contributed by atoms with Crippen molar-refractivity contribution in [2.24, 2.45) is 5.92 Å². The first-order chi connectivity index (χ1) is 16.2. The van der Waals surface area contributed by atoms with Crippen LogP contribution < -0.4 is 15.4 Å². The lowest BCUT2D eigenvalue weighted by molar-refractivity contribution is -0.117. The SMILES string of the molecule is CC(NC(=O)c1ccc(S(=O)(=O)Nc2ccccc2F)cc1)c1ccc(NC(=O)C2CC2)cc1. The Hall–Kier alpha value is -3.72. The van der Waals surface area contributed by atoms with Crippen LogP contribution >= 0.6 is 0 Å². The molecule has 3 aromatic carbocycles. The van der Waals surface area contributed by atoms with Crippen LogP contribution in [0.5, 0.6) is 0 Å². The number of nitrogens with one attached hydrogen (secondary N) is 3. The van der Waals surface area contributed by atoms with Gasteiger partial charge < -0.3 is 10.6 Å². The molecule has 0 heterocycles. The van der Waals surface area contributed by atoms with Crippen molar-refractivity contribution in [3.8, 4) is 0 Å². The van der Waals surface area contributed by atoms with Crippen molar-refractivity contribution in [2.75, 3.05) is 10.0 Å². The van der Waals surface area contributed by atoms with E-state index in [4.69, 9.17) is 0 Å². The van der Waals surface area contributed by atoms with Gasteiger partial charge in [-0.05, 0) is 73.9 Å². The number of hydrogen-bond donors (Lipinski definition) is 3. The molecular weight excluding hydrogens is 457 g/mol. The average Bonchev–Trinajstić information content (AvgIpc) is 3.67. The van der Waals surface area contributed by atoms with Gasteiger partial charge in [0, 0.05) is 17.2 Å². The predicted molar refractivity (Wildman–Crippen MR) is 127 cm³/mol. The summed E-state index contributed by atoms with van der Waals surface area (Å²) in [6, 6.07) is 17.8. The molecule has 1 aliphatic carbocycles. The van der Waals surface area contributed by atoms with E-state index < -0.39 is 15.8 Å². The van der Waals surface area contributed by atoms with Gasteiger partial charge in [0.05, 0.1) is 16.6 Å². The van der Waals surface area contributed by atoms with E-state index in [9.17, 15) is 22.4 Å². The molecule has 0 aliphatic heterocycles. The Balaban J connectivity index is 1.37. The number of anilines is 2. The third-order valence-electron chi connectivity index (χ3n) is 5.52. The maximum Gasteiger partial charge on any atom is 0.261 e. The second kappa shape index (κ2) is 9.64. The summed E-state index contributed by atoms with van der Waals surface area (Å²) in [5.74, 6) is -0.905. The fourth-order valence-corrected chi connectivity index (χ4v) is 4.41. The molecule has 0 radical (unpaired) electrons. The molecule has 176 valence electrons. The first-order valence-electron chi connectivity index (χ1n) is 10.8. The number of halogens is 1. The fraction of sp³-hybridized carbons (Fsp3) is 0.200. The maximum absolute atomic E-state index is 13.8. The van der Waals surface area contributed by atoms with Gasteiger partial charge in [0.2, 0.25) is 5.91 Å². The van der Waals surface area contributed by atoms with Gasteiger partial charge >= 0.3 is 0 Å². The highest BCUT2D eigenvalue weighted by molar-refractivity contribution is 7.92. The molecular formula is C25H24FN3O4S. The number of benzene rings is 3. The number of para-hydroxylation sites is 1. The third kappa shape index (κ3) is 5.60. The number of carbonyl (C=O) groups is 2. The Bertz CT molecular complexity index is 1300. The average molecular weight is 482 g/mol. The minimum atomic E-state index is -4.01. The molecule has 1 atom stereocenters. The van der Waals surface area contributed by atoms with E-state index in [-0.39, 0.29) is 39.9 Å². The van der Waals surface area contributed by atoms with Crippen molar-refractivity contribution >= 4 is 33.2 Å². The fourth-order valence-electron chi connectivity index (χ4n) is 3.34. The van der Waals surface area contributed by atoms with Crippen molar-refractivity contribution in [1.29, 1.82) is 0 Å². The molecule has 1 unspecified atom stereocenters. The summed E-state index contributed by atoms with van der Waals surface area (Å²) in [4.78, 5) is 24.4. The lowest BCUT2D eigenvalue weighted by Crippen LogP contribution is -2.26. The van der Waals surface area contributed by atoms with E-state index in [0.29, 0.717) is 5.69 Å². The predicted octanol–water partition coefficient (Wildman–Crippen LogP) is 4.47. The quantitative estimate of drug-likeness (QED) is 0.442. The van der Waals surface area contributed by atoms with Crippen LogP contribution in [-0.2, 0) is 14.8 Å². The van der Waals surface area contributed by atoms with Crippen molar-refractivity contribution in [3.63, 3.8) is 0 Å². The monoisotopic (exact) mass is 481 g/mol. The highest BCUT2D eigenvalue weighted by Gasteiger charge is 2.29. The van der Waals surface area contributed by atoms with E-state index >= 15 is 0 Å². The Morgan fingerprint density at radius 1 is 0.941 bits per heavy atom. The lowest BCUT2D eigenvalue weighted by atomic mass is 10.1. The zero-order valence-electron chi connectivity index (χ0n) is 18.4. The highest BCUT2D eigenvalue weighted by Crippen LogP contribution is 2.30. The smallest absolute Gasteiger partial charge is 0.261 e. The van der Waals surface area contributed by atoms with E-state index in [2.05, 4.69) is 15.4 Å². The molecule has 9 heteroatoms. The number of rotatable bonds is 8. The Morgan fingerprint density at radius 2 is 1.59 bits per heavy atom. The highest BCUT2D eigenvalue weighted by atomic mass is 32.2. The second-order valence-electron chi connectivity index (χ2n) is 8.19. The van der Waals surface area contributed by atoms with E-state index in [1.165, 1.54) is 42.5 Å². The third-order valence-corrected chi connectivity index (χ3v) is 6.90. The second-order valence-corrected chi connectivity index (χ2v) is 9.87. The molecule has 2 amide bonds. The molecule has 1 aliphatic rings. The molecule has 3 N–H and O–H groups in total. The largest absolute Gasteiger partial charge is 0.346 e.